The van der Waals surface area contributed by atoms with Crippen LogP contribution >= 0.6 is 0 Å². The van der Waals surface area contributed by atoms with E-state index in [0.717, 1.165) is 35.8 Å². The molecule has 0 bridgehead atoms. The van der Waals surface area contributed by atoms with Crippen molar-refractivity contribution in [1.82, 2.24) is 20.2 Å². The monoisotopic (exact) mass is 274 g/mol. The lowest BCUT2D eigenvalue weighted by atomic mass is 10.1. The molecule has 1 fully saturated rings. The second kappa shape index (κ2) is 8.10. The van der Waals surface area contributed by atoms with Crippen LogP contribution in [0.25, 0.3) is 11.0 Å². The molecule has 3 heterocycles. The number of hydrogen-bond acceptors (Lipinski definition) is 5. The summed E-state index contributed by atoms with van der Waals surface area (Å²) in [6.07, 6.45) is 5.65. The number of aromatic amines is 1. The molecule has 2 aromatic heterocycles. The third-order valence-corrected chi connectivity index (χ3v) is 3.06. The van der Waals surface area contributed by atoms with E-state index in [0.29, 0.717) is 0 Å². The highest BCUT2D eigenvalue weighted by molar-refractivity contribution is 5.86. The zero-order valence-corrected chi connectivity index (χ0v) is 12.4. The van der Waals surface area contributed by atoms with Crippen molar-refractivity contribution in [2.24, 2.45) is 0 Å². The van der Waals surface area contributed by atoms with Gasteiger partial charge < -0.3 is 4.90 Å². The number of nitriles is 1. The summed E-state index contributed by atoms with van der Waals surface area (Å²) < 4.78 is 0. The minimum atomic E-state index is 0.803. The van der Waals surface area contributed by atoms with E-state index in [1.165, 1.54) is 19.3 Å². The minimum Gasteiger partial charge on any atom is -0.356 e. The highest BCUT2D eigenvalue weighted by Crippen LogP contribution is 2.24. The first kappa shape index (κ1) is 15.9. The van der Waals surface area contributed by atoms with Crippen LogP contribution in [0, 0.1) is 18.8 Å². The minimum absolute atomic E-state index is 0.803. The second-order valence-corrected chi connectivity index (χ2v) is 4.27. The number of nitrogens with one attached hydrogen (secondary N) is 1. The zero-order valence-electron chi connectivity index (χ0n) is 12.4. The Morgan fingerprint density at radius 3 is 2.45 bits per heavy atom. The summed E-state index contributed by atoms with van der Waals surface area (Å²) >= 11 is 0. The van der Waals surface area contributed by atoms with Gasteiger partial charge in [-0.25, -0.2) is 15.2 Å². The number of fused-ring (bicyclic) bond motifs is 1. The summed E-state index contributed by atoms with van der Waals surface area (Å²) in [7, 11) is 0. The lowest BCUT2D eigenvalue weighted by molar-refractivity contribution is 0.574. The summed E-state index contributed by atoms with van der Waals surface area (Å²) in [5.74, 6) is 1.84. The Labute approximate surface area is 119 Å². The SMILES string of the molecule is C#N.CC.Cc1nc(N2CCCCC2)c2cn[nH]c2n1. The molecule has 2 aromatic rings. The molecule has 6 nitrogen and oxygen atoms in total. The normalized spacial score (nSPS) is 13.9. The van der Waals surface area contributed by atoms with Crippen LogP contribution in [0.5, 0.6) is 0 Å². The third kappa shape index (κ3) is 3.44. The number of aryl methyl sites for hydroxylation is 1. The number of piperidine rings is 1. The van der Waals surface area contributed by atoms with Crippen LogP contribution in [0.4, 0.5) is 5.82 Å². The van der Waals surface area contributed by atoms with Gasteiger partial charge in [-0.1, -0.05) is 13.8 Å². The number of anilines is 1. The molecule has 0 unspecified atom stereocenters. The van der Waals surface area contributed by atoms with Crippen molar-refractivity contribution in [2.75, 3.05) is 18.0 Å². The fourth-order valence-corrected chi connectivity index (χ4v) is 2.28. The van der Waals surface area contributed by atoms with Gasteiger partial charge in [-0.05, 0) is 26.2 Å². The van der Waals surface area contributed by atoms with E-state index in [1.807, 2.05) is 27.0 Å². The predicted molar refractivity (Wildman–Crippen MR) is 80.5 cm³/mol. The van der Waals surface area contributed by atoms with Gasteiger partial charge in [0.1, 0.15) is 11.6 Å². The zero-order chi connectivity index (χ0) is 15.0. The van der Waals surface area contributed by atoms with Crippen molar-refractivity contribution >= 4 is 16.9 Å². The fourth-order valence-electron chi connectivity index (χ4n) is 2.28. The topological polar surface area (TPSA) is 81.5 Å². The first-order valence-electron chi connectivity index (χ1n) is 7.03. The molecule has 1 N–H and O–H groups in total. The Kier molecular flexibility index (Phi) is 6.44. The number of nitrogens with zero attached hydrogens (tertiary/aromatic N) is 5. The number of rotatable bonds is 1. The van der Waals surface area contributed by atoms with Gasteiger partial charge in [-0.2, -0.15) is 5.10 Å². The molecular weight excluding hydrogens is 252 g/mol. The van der Waals surface area contributed by atoms with Crippen LogP contribution in [0.2, 0.25) is 0 Å². The van der Waals surface area contributed by atoms with E-state index >= 15 is 0 Å². The van der Waals surface area contributed by atoms with E-state index in [9.17, 15) is 0 Å². The molecule has 1 saturated heterocycles. The van der Waals surface area contributed by atoms with Gasteiger partial charge in [0.05, 0.1) is 11.6 Å². The second-order valence-electron chi connectivity index (χ2n) is 4.27. The van der Waals surface area contributed by atoms with E-state index in [2.05, 4.69) is 31.6 Å². The van der Waals surface area contributed by atoms with Crippen LogP contribution in [0.1, 0.15) is 38.9 Å². The van der Waals surface area contributed by atoms with Crippen LogP contribution in [0.3, 0.4) is 0 Å². The molecule has 1 aliphatic rings. The summed E-state index contributed by atoms with van der Waals surface area (Å²) in [6.45, 7) is 11.6. The number of hydrogen-bond donors (Lipinski definition) is 1. The molecule has 0 spiro atoms. The highest BCUT2D eigenvalue weighted by Gasteiger charge is 2.16. The molecule has 0 aromatic carbocycles. The van der Waals surface area contributed by atoms with Gasteiger partial charge >= 0.3 is 0 Å². The molecule has 20 heavy (non-hydrogen) atoms. The summed E-state index contributed by atoms with van der Waals surface area (Å²) in [4.78, 5) is 11.2. The van der Waals surface area contributed by atoms with E-state index in [1.54, 1.807) is 0 Å². The molecule has 0 radical (unpaired) electrons. The molecule has 108 valence electrons. The summed E-state index contributed by atoms with van der Waals surface area (Å²) in [6, 6.07) is 0. The molecule has 6 heteroatoms. The Morgan fingerprint density at radius 1 is 1.15 bits per heavy atom. The maximum atomic E-state index is 6.50. The first-order chi connectivity index (χ1) is 9.84. The Hall–Kier alpha value is -2.16. The summed E-state index contributed by atoms with van der Waals surface area (Å²) in [5, 5.41) is 14.5. The molecule has 3 rings (SSSR count). The van der Waals surface area contributed by atoms with Gasteiger partial charge in [0.15, 0.2) is 5.65 Å². The Bertz CT molecular complexity index is 539. The van der Waals surface area contributed by atoms with Crippen molar-refractivity contribution in [1.29, 1.82) is 5.26 Å². The van der Waals surface area contributed by atoms with Crippen LogP contribution in [-0.2, 0) is 0 Å². The third-order valence-electron chi connectivity index (χ3n) is 3.06. The Morgan fingerprint density at radius 2 is 1.80 bits per heavy atom. The molecule has 1 aliphatic heterocycles. The largest absolute Gasteiger partial charge is 0.356 e. The molecule has 0 saturated carbocycles. The lowest BCUT2D eigenvalue weighted by Gasteiger charge is -2.28. The van der Waals surface area contributed by atoms with Gasteiger partial charge in [0, 0.05) is 19.7 Å². The van der Waals surface area contributed by atoms with E-state index < -0.39 is 0 Å². The van der Waals surface area contributed by atoms with E-state index in [-0.39, 0.29) is 0 Å². The fraction of sp³-hybridized carbons (Fsp3) is 0.571. The van der Waals surface area contributed by atoms with Crippen molar-refractivity contribution in [3.63, 3.8) is 0 Å². The van der Waals surface area contributed by atoms with Crippen LogP contribution in [0.15, 0.2) is 6.20 Å². The smallest absolute Gasteiger partial charge is 0.161 e. The maximum absolute atomic E-state index is 6.50. The molecule has 0 amide bonds. The Balaban J connectivity index is 0.000000461. The van der Waals surface area contributed by atoms with Gasteiger partial charge in [-0.15, -0.1) is 0 Å². The molecule has 0 aliphatic carbocycles. The predicted octanol–water partition coefficient (Wildman–Crippen LogP) is 2.82. The highest BCUT2D eigenvalue weighted by atomic mass is 15.2. The molecule has 0 atom stereocenters. The average molecular weight is 274 g/mol. The first-order valence-corrected chi connectivity index (χ1v) is 7.03. The lowest BCUT2D eigenvalue weighted by Crippen LogP contribution is -2.30. The van der Waals surface area contributed by atoms with E-state index in [4.69, 9.17) is 5.26 Å². The number of aromatic nitrogens is 4. The van der Waals surface area contributed by atoms with Crippen molar-refractivity contribution in [3.05, 3.63) is 12.0 Å². The van der Waals surface area contributed by atoms with Crippen molar-refractivity contribution in [3.8, 4) is 6.57 Å². The quantitative estimate of drug-likeness (QED) is 0.864. The van der Waals surface area contributed by atoms with Gasteiger partial charge in [-0.3, -0.25) is 5.10 Å². The average Bonchev–Trinajstić information content (AvgIpc) is 2.99. The summed E-state index contributed by atoms with van der Waals surface area (Å²) in [5.41, 5.74) is 0.841. The van der Waals surface area contributed by atoms with Crippen LogP contribution < -0.4 is 4.90 Å². The van der Waals surface area contributed by atoms with Gasteiger partial charge in [0.2, 0.25) is 0 Å². The standard InChI is InChI=1S/C11H15N5.C2H6.CHN/c1-8-13-10-9(7-12-15-10)11(14-8)16-5-3-2-4-6-16;2*1-2/h7H,2-6H2,1H3,(H,12,13,14,15);1-2H3;1H. The van der Waals surface area contributed by atoms with Gasteiger partial charge in [0.25, 0.3) is 0 Å². The maximum Gasteiger partial charge on any atom is 0.161 e. The van der Waals surface area contributed by atoms with Crippen molar-refractivity contribution < 1.29 is 0 Å². The molecular formula is C14H22N6. The number of H-pyrrole nitrogens is 1. The van der Waals surface area contributed by atoms with Crippen LogP contribution in [-0.4, -0.2) is 33.3 Å². The van der Waals surface area contributed by atoms with Crippen molar-refractivity contribution in [2.45, 2.75) is 40.0 Å².